The van der Waals surface area contributed by atoms with Crippen LogP contribution in [-0.4, -0.2) is 36.5 Å². The summed E-state index contributed by atoms with van der Waals surface area (Å²) in [7, 11) is 0. The summed E-state index contributed by atoms with van der Waals surface area (Å²) in [5, 5.41) is 0. The summed E-state index contributed by atoms with van der Waals surface area (Å²) < 4.78 is 84.5. The third-order valence-corrected chi connectivity index (χ3v) is 5.42. The first-order chi connectivity index (χ1) is 15.0. The molecule has 2 atom stereocenters. The van der Waals surface area contributed by atoms with Crippen molar-refractivity contribution in [2.45, 2.75) is 37.4 Å². The molecule has 0 saturated carbocycles. The highest BCUT2D eigenvalue weighted by Gasteiger charge is 2.37. The standard InChI is InChI=1S/C22H22F6N2O2/c23-21(24,25)16-8-14(9-17(10-16)22(26,27)28)13-32-19-6-7-30(20(31)11-29)12-18(19)15-4-2-1-3-5-15/h1-5,8-10,18-19H,6-7,11-13,29H2/t18-,19-/m0/s1. The van der Waals surface area contributed by atoms with Gasteiger partial charge in [-0.1, -0.05) is 30.3 Å². The second-order valence-corrected chi connectivity index (χ2v) is 7.61. The zero-order valence-electron chi connectivity index (χ0n) is 16.9. The van der Waals surface area contributed by atoms with Crippen molar-refractivity contribution in [3.8, 4) is 0 Å². The van der Waals surface area contributed by atoms with Crippen molar-refractivity contribution < 1.29 is 35.9 Å². The van der Waals surface area contributed by atoms with E-state index in [2.05, 4.69) is 0 Å². The Hall–Kier alpha value is -2.59. The van der Waals surface area contributed by atoms with Crippen LogP contribution in [0.15, 0.2) is 48.5 Å². The van der Waals surface area contributed by atoms with E-state index < -0.39 is 36.2 Å². The number of likely N-dealkylation sites (tertiary alicyclic amines) is 1. The van der Waals surface area contributed by atoms with Gasteiger partial charge in [-0.25, -0.2) is 0 Å². The lowest BCUT2D eigenvalue weighted by Crippen LogP contribution is -2.47. The first kappa shape index (κ1) is 24.1. The highest BCUT2D eigenvalue weighted by molar-refractivity contribution is 5.78. The van der Waals surface area contributed by atoms with Crippen LogP contribution in [0.25, 0.3) is 0 Å². The Bertz CT molecular complexity index is 898. The molecule has 0 spiro atoms. The average Bonchev–Trinajstić information content (AvgIpc) is 2.76. The Balaban J connectivity index is 1.83. The van der Waals surface area contributed by atoms with E-state index in [0.29, 0.717) is 31.6 Å². The van der Waals surface area contributed by atoms with E-state index in [1.807, 2.05) is 18.2 Å². The molecule has 0 aliphatic carbocycles. The number of hydrogen-bond acceptors (Lipinski definition) is 3. The Morgan fingerprint density at radius 1 is 1.00 bits per heavy atom. The van der Waals surface area contributed by atoms with E-state index in [-0.39, 0.29) is 30.0 Å². The normalized spacial score (nSPS) is 19.8. The molecule has 0 aromatic heterocycles. The number of amides is 1. The quantitative estimate of drug-likeness (QED) is 0.665. The molecular formula is C22H22F6N2O2. The number of carbonyl (C=O) groups is 1. The third kappa shape index (κ3) is 5.80. The molecule has 174 valence electrons. The first-order valence-electron chi connectivity index (χ1n) is 9.92. The minimum Gasteiger partial charge on any atom is -0.373 e. The summed E-state index contributed by atoms with van der Waals surface area (Å²) in [6.07, 6.45) is -9.97. The number of benzene rings is 2. The molecule has 0 radical (unpaired) electrons. The molecule has 32 heavy (non-hydrogen) atoms. The maximum Gasteiger partial charge on any atom is 0.416 e. The van der Waals surface area contributed by atoms with Gasteiger partial charge in [0.25, 0.3) is 0 Å². The van der Waals surface area contributed by atoms with Crippen LogP contribution >= 0.6 is 0 Å². The van der Waals surface area contributed by atoms with Crippen LogP contribution < -0.4 is 5.73 Å². The van der Waals surface area contributed by atoms with Crippen molar-refractivity contribution >= 4 is 5.91 Å². The minimum absolute atomic E-state index is 0.0905. The van der Waals surface area contributed by atoms with Gasteiger partial charge in [-0.05, 0) is 35.7 Å². The maximum absolute atomic E-state index is 13.1. The van der Waals surface area contributed by atoms with Crippen molar-refractivity contribution in [1.29, 1.82) is 0 Å². The third-order valence-electron chi connectivity index (χ3n) is 5.42. The molecule has 3 rings (SSSR count). The SMILES string of the molecule is NCC(=O)N1CC[C@H](OCc2cc(C(F)(F)F)cc(C(F)(F)F)c2)[C@H](c2ccccc2)C1. The predicted octanol–water partition coefficient (Wildman–Crippen LogP) is 4.58. The van der Waals surface area contributed by atoms with Crippen molar-refractivity contribution in [2.24, 2.45) is 5.73 Å². The number of hydrogen-bond donors (Lipinski definition) is 1. The van der Waals surface area contributed by atoms with Gasteiger partial charge in [-0.2, -0.15) is 26.3 Å². The lowest BCUT2D eigenvalue weighted by Gasteiger charge is -2.38. The molecule has 1 amide bonds. The lowest BCUT2D eigenvalue weighted by molar-refractivity contribution is -0.143. The number of carbonyl (C=O) groups excluding carboxylic acids is 1. The van der Waals surface area contributed by atoms with Gasteiger partial charge in [0, 0.05) is 19.0 Å². The van der Waals surface area contributed by atoms with E-state index in [1.54, 1.807) is 17.0 Å². The number of rotatable bonds is 5. The minimum atomic E-state index is -4.92. The summed E-state index contributed by atoms with van der Waals surface area (Å²) in [6.45, 7) is 0.0465. The molecule has 1 saturated heterocycles. The summed E-state index contributed by atoms with van der Waals surface area (Å²) in [5.41, 5.74) is 3.32. The van der Waals surface area contributed by atoms with Crippen LogP contribution in [0.4, 0.5) is 26.3 Å². The Kier molecular flexibility index (Phi) is 7.14. The van der Waals surface area contributed by atoms with Gasteiger partial charge < -0.3 is 15.4 Å². The average molecular weight is 460 g/mol. The second-order valence-electron chi connectivity index (χ2n) is 7.61. The second kappa shape index (κ2) is 9.50. The largest absolute Gasteiger partial charge is 0.416 e. The van der Waals surface area contributed by atoms with Gasteiger partial charge in [-0.15, -0.1) is 0 Å². The Labute approximate surface area is 181 Å². The fourth-order valence-electron chi connectivity index (χ4n) is 3.81. The first-order valence-corrected chi connectivity index (χ1v) is 9.92. The number of piperidine rings is 1. The van der Waals surface area contributed by atoms with Gasteiger partial charge in [0.15, 0.2) is 0 Å². The molecule has 2 aromatic carbocycles. The molecule has 1 aliphatic rings. The molecular weight excluding hydrogens is 438 g/mol. The lowest BCUT2D eigenvalue weighted by atomic mass is 9.87. The zero-order chi connectivity index (χ0) is 23.5. The highest BCUT2D eigenvalue weighted by Crippen LogP contribution is 2.37. The smallest absolute Gasteiger partial charge is 0.373 e. The predicted molar refractivity (Wildman–Crippen MR) is 104 cm³/mol. The van der Waals surface area contributed by atoms with Gasteiger partial charge in [0.1, 0.15) is 0 Å². The number of nitrogens with two attached hydrogens (primary N) is 1. The number of halogens is 6. The van der Waals surface area contributed by atoms with E-state index in [1.165, 1.54) is 0 Å². The van der Waals surface area contributed by atoms with Crippen LogP contribution in [0.2, 0.25) is 0 Å². The van der Waals surface area contributed by atoms with Crippen LogP contribution in [0.1, 0.15) is 34.6 Å². The molecule has 10 heteroatoms. The fraction of sp³-hybridized carbons (Fsp3) is 0.409. The van der Waals surface area contributed by atoms with Crippen molar-refractivity contribution in [1.82, 2.24) is 4.90 Å². The van der Waals surface area contributed by atoms with E-state index in [9.17, 15) is 31.1 Å². The molecule has 0 bridgehead atoms. The summed E-state index contributed by atoms with van der Waals surface area (Å²) in [4.78, 5) is 13.6. The van der Waals surface area contributed by atoms with Crippen LogP contribution in [0, 0.1) is 0 Å². The summed E-state index contributed by atoms with van der Waals surface area (Å²) in [5.74, 6) is -0.537. The number of ether oxygens (including phenoxy) is 1. The Morgan fingerprint density at radius 2 is 1.59 bits per heavy atom. The molecule has 2 aromatic rings. The van der Waals surface area contributed by atoms with Gasteiger partial charge in [0.05, 0.1) is 30.4 Å². The van der Waals surface area contributed by atoms with Gasteiger partial charge in [-0.3, -0.25) is 4.79 Å². The maximum atomic E-state index is 13.1. The topological polar surface area (TPSA) is 55.6 Å². The Morgan fingerprint density at radius 3 is 2.12 bits per heavy atom. The van der Waals surface area contributed by atoms with Gasteiger partial charge in [0.2, 0.25) is 5.91 Å². The molecule has 0 unspecified atom stereocenters. The van der Waals surface area contributed by atoms with E-state index >= 15 is 0 Å². The fourth-order valence-corrected chi connectivity index (χ4v) is 3.81. The van der Waals surface area contributed by atoms with Crippen LogP contribution in [0.3, 0.4) is 0 Å². The van der Waals surface area contributed by atoms with Crippen molar-refractivity contribution in [3.63, 3.8) is 0 Å². The number of nitrogens with zero attached hydrogens (tertiary/aromatic N) is 1. The van der Waals surface area contributed by atoms with Crippen molar-refractivity contribution in [3.05, 3.63) is 70.8 Å². The van der Waals surface area contributed by atoms with Gasteiger partial charge >= 0.3 is 12.4 Å². The monoisotopic (exact) mass is 460 g/mol. The molecule has 1 aliphatic heterocycles. The molecule has 1 heterocycles. The molecule has 1 fully saturated rings. The molecule has 4 nitrogen and oxygen atoms in total. The zero-order valence-corrected chi connectivity index (χ0v) is 16.9. The van der Waals surface area contributed by atoms with E-state index in [0.717, 1.165) is 5.56 Å². The molecule has 2 N–H and O–H groups in total. The summed E-state index contributed by atoms with van der Waals surface area (Å²) >= 11 is 0. The van der Waals surface area contributed by atoms with Crippen LogP contribution in [0.5, 0.6) is 0 Å². The summed E-state index contributed by atoms with van der Waals surface area (Å²) in [6, 6.07) is 10.5. The number of alkyl halides is 6. The van der Waals surface area contributed by atoms with E-state index in [4.69, 9.17) is 10.5 Å². The van der Waals surface area contributed by atoms with Crippen molar-refractivity contribution in [2.75, 3.05) is 19.6 Å². The van der Waals surface area contributed by atoms with Crippen LogP contribution in [-0.2, 0) is 28.5 Å². The highest BCUT2D eigenvalue weighted by atomic mass is 19.4.